The minimum absolute atomic E-state index is 0.757. The zero-order chi connectivity index (χ0) is 11.4. The second-order valence-electron chi connectivity index (χ2n) is 5.68. The Bertz CT molecular complexity index is 219. The zero-order valence-electron chi connectivity index (χ0n) is 10.9. The standard InChI is InChI=1S/C14H27NO/c1-3-12-6-4-5-7-14(12)10-13(14)11-15-8-9-16-2/h12-13,15H,3-11H2,1-2H3. The summed E-state index contributed by atoms with van der Waals surface area (Å²) in [6, 6.07) is 0. The first-order chi connectivity index (χ1) is 7.83. The Labute approximate surface area is 100 Å². The summed E-state index contributed by atoms with van der Waals surface area (Å²) >= 11 is 0. The van der Waals surface area contributed by atoms with Crippen LogP contribution >= 0.6 is 0 Å². The number of hydrogen-bond donors (Lipinski definition) is 1. The first kappa shape index (κ1) is 12.4. The summed E-state index contributed by atoms with van der Waals surface area (Å²) in [4.78, 5) is 0. The van der Waals surface area contributed by atoms with E-state index < -0.39 is 0 Å². The summed E-state index contributed by atoms with van der Waals surface area (Å²) in [5.74, 6) is 1.99. The maximum absolute atomic E-state index is 5.06. The van der Waals surface area contributed by atoms with Crippen molar-refractivity contribution in [1.82, 2.24) is 5.32 Å². The van der Waals surface area contributed by atoms with E-state index >= 15 is 0 Å². The van der Waals surface area contributed by atoms with Crippen LogP contribution in [0.2, 0.25) is 0 Å². The molecule has 1 spiro atoms. The molecule has 3 unspecified atom stereocenters. The number of nitrogens with one attached hydrogen (secondary N) is 1. The van der Waals surface area contributed by atoms with Gasteiger partial charge in [0, 0.05) is 13.7 Å². The summed E-state index contributed by atoms with van der Waals surface area (Å²) in [6.45, 7) is 5.46. The van der Waals surface area contributed by atoms with Gasteiger partial charge in [-0.25, -0.2) is 0 Å². The molecule has 2 fully saturated rings. The highest BCUT2D eigenvalue weighted by Gasteiger charge is 2.57. The second kappa shape index (κ2) is 5.50. The fourth-order valence-corrected chi connectivity index (χ4v) is 3.88. The molecule has 94 valence electrons. The molecule has 0 amide bonds. The second-order valence-corrected chi connectivity index (χ2v) is 5.68. The van der Waals surface area contributed by atoms with Crippen LogP contribution in [0.25, 0.3) is 0 Å². The maximum atomic E-state index is 5.06. The van der Waals surface area contributed by atoms with Gasteiger partial charge in [0.15, 0.2) is 0 Å². The lowest BCUT2D eigenvalue weighted by Crippen LogP contribution is -2.28. The fourth-order valence-electron chi connectivity index (χ4n) is 3.88. The minimum Gasteiger partial charge on any atom is -0.383 e. The molecule has 0 aliphatic heterocycles. The Balaban J connectivity index is 1.73. The van der Waals surface area contributed by atoms with Crippen LogP contribution in [-0.4, -0.2) is 26.8 Å². The van der Waals surface area contributed by atoms with E-state index in [4.69, 9.17) is 4.74 Å². The van der Waals surface area contributed by atoms with Crippen LogP contribution in [0.5, 0.6) is 0 Å². The highest BCUT2D eigenvalue weighted by atomic mass is 16.5. The molecular weight excluding hydrogens is 198 g/mol. The van der Waals surface area contributed by atoms with E-state index in [-0.39, 0.29) is 0 Å². The van der Waals surface area contributed by atoms with E-state index in [0.717, 1.165) is 30.4 Å². The summed E-state index contributed by atoms with van der Waals surface area (Å²) < 4.78 is 5.06. The molecule has 2 aliphatic rings. The van der Waals surface area contributed by atoms with Gasteiger partial charge in [0.1, 0.15) is 0 Å². The van der Waals surface area contributed by atoms with E-state index in [0.29, 0.717) is 0 Å². The van der Waals surface area contributed by atoms with Crippen LogP contribution < -0.4 is 5.32 Å². The Morgan fingerprint density at radius 3 is 2.94 bits per heavy atom. The van der Waals surface area contributed by atoms with Crippen molar-refractivity contribution in [2.75, 3.05) is 26.8 Å². The third-order valence-corrected chi connectivity index (χ3v) is 4.90. The molecule has 16 heavy (non-hydrogen) atoms. The third-order valence-electron chi connectivity index (χ3n) is 4.90. The van der Waals surface area contributed by atoms with Crippen LogP contribution in [0.1, 0.15) is 45.4 Å². The molecule has 0 saturated heterocycles. The van der Waals surface area contributed by atoms with Gasteiger partial charge in [-0.3, -0.25) is 0 Å². The largest absolute Gasteiger partial charge is 0.383 e. The quantitative estimate of drug-likeness (QED) is 0.702. The van der Waals surface area contributed by atoms with Gasteiger partial charge in [0.2, 0.25) is 0 Å². The first-order valence-electron chi connectivity index (χ1n) is 7.03. The Hall–Kier alpha value is -0.0800. The van der Waals surface area contributed by atoms with Gasteiger partial charge in [0.25, 0.3) is 0 Å². The topological polar surface area (TPSA) is 21.3 Å². The van der Waals surface area contributed by atoms with Crippen molar-refractivity contribution < 1.29 is 4.74 Å². The van der Waals surface area contributed by atoms with Crippen molar-refractivity contribution >= 4 is 0 Å². The summed E-state index contributed by atoms with van der Waals surface area (Å²) in [6.07, 6.45) is 8.84. The normalized spacial score (nSPS) is 37.9. The van der Waals surface area contributed by atoms with Gasteiger partial charge in [-0.15, -0.1) is 0 Å². The monoisotopic (exact) mass is 225 g/mol. The van der Waals surface area contributed by atoms with Crippen molar-refractivity contribution in [2.45, 2.75) is 45.4 Å². The number of rotatable bonds is 6. The summed E-state index contributed by atoms with van der Waals surface area (Å²) in [7, 11) is 1.77. The van der Waals surface area contributed by atoms with E-state index in [1.807, 2.05) is 0 Å². The average Bonchev–Trinajstić information content (AvgIpc) is 2.99. The first-order valence-corrected chi connectivity index (χ1v) is 7.03. The lowest BCUT2D eigenvalue weighted by molar-refractivity contribution is 0.179. The van der Waals surface area contributed by atoms with Gasteiger partial charge in [-0.05, 0) is 43.1 Å². The lowest BCUT2D eigenvalue weighted by Gasteiger charge is -2.32. The molecule has 2 heteroatoms. The average molecular weight is 225 g/mol. The van der Waals surface area contributed by atoms with Gasteiger partial charge >= 0.3 is 0 Å². The molecule has 0 bridgehead atoms. The molecule has 2 aliphatic carbocycles. The van der Waals surface area contributed by atoms with E-state index in [1.165, 1.54) is 45.1 Å². The van der Waals surface area contributed by atoms with E-state index in [1.54, 1.807) is 7.11 Å². The van der Waals surface area contributed by atoms with Crippen LogP contribution in [0, 0.1) is 17.3 Å². The summed E-state index contributed by atoms with van der Waals surface area (Å²) in [5, 5.41) is 3.54. The molecule has 2 rings (SSSR count). The van der Waals surface area contributed by atoms with Gasteiger partial charge < -0.3 is 10.1 Å². The number of methoxy groups -OCH3 is 1. The molecule has 2 nitrogen and oxygen atoms in total. The van der Waals surface area contributed by atoms with E-state index in [2.05, 4.69) is 12.2 Å². The van der Waals surface area contributed by atoms with Crippen molar-refractivity contribution in [3.63, 3.8) is 0 Å². The predicted molar refractivity (Wildman–Crippen MR) is 67.5 cm³/mol. The predicted octanol–water partition coefficient (Wildman–Crippen LogP) is 2.83. The SMILES string of the molecule is CCC1CCCCC12CC2CNCCOC. The molecule has 0 aromatic carbocycles. The minimum atomic E-state index is 0.757. The molecule has 0 aromatic heterocycles. The van der Waals surface area contributed by atoms with Crippen molar-refractivity contribution in [2.24, 2.45) is 17.3 Å². The van der Waals surface area contributed by atoms with E-state index in [9.17, 15) is 0 Å². The number of ether oxygens (including phenoxy) is 1. The Kier molecular flexibility index (Phi) is 4.26. The van der Waals surface area contributed by atoms with Crippen LogP contribution in [0.4, 0.5) is 0 Å². The lowest BCUT2D eigenvalue weighted by atomic mass is 9.73. The van der Waals surface area contributed by atoms with Crippen LogP contribution in [0.15, 0.2) is 0 Å². The van der Waals surface area contributed by atoms with Crippen molar-refractivity contribution in [3.05, 3.63) is 0 Å². The van der Waals surface area contributed by atoms with Crippen LogP contribution in [-0.2, 0) is 4.74 Å². The molecule has 0 aromatic rings. The molecular formula is C14H27NO. The highest BCUT2D eigenvalue weighted by Crippen LogP contribution is 2.64. The fraction of sp³-hybridized carbons (Fsp3) is 1.00. The van der Waals surface area contributed by atoms with Crippen molar-refractivity contribution in [1.29, 1.82) is 0 Å². The third kappa shape index (κ3) is 2.43. The summed E-state index contributed by atoms with van der Waals surface area (Å²) in [5.41, 5.74) is 0.757. The smallest absolute Gasteiger partial charge is 0.0587 e. The molecule has 0 heterocycles. The zero-order valence-corrected chi connectivity index (χ0v) is 10.9. The van der Waals surface area contributed by atoms with Gasteiger partial charge in [-0.2, -0.15) is 0 Å². The van der Waals surface area contributed by atoms with Gasteiger partial charge in [0.05, 0.1) is 6.61 Å². The Morgan fingerprint density at radius 1 is 1.31 bits per heavy atom. The molecule has 2 saturated carbocycles. The van der Waals surface area contributed by atoms with Crippen molar-refractivity contribution in [3.8, 4) is 0 Å². The Morgan fingerprint density at radius 2 is 2.19 bits per heavy atom. The maximum Gasteiger partial charge on any atom is 0.0587 e. The molecule has 0 radical (unpaired) electrons. The highest BCUT2D eigenvalue weighted by molar-refractivity contribution is 5.07. The molecule has 3 atom stereocenters. The van der Waals surface area contributed by atoms with Crippen LogP contribution in [0.3, 0.4) is 0 Å². The number of hydrogen-bond acceptors (Lipinski definition) is 2. The van der Waals surface area contributed by atoms with Gasteiger partial charge in [-0.1, -0.05) is 26.2 Å². The molecule has 1 N–H and O–H groups in total.